The van der Waals surface area contributed by atoms with Crippen LogP contribution in [0.4, 0.5) is 4.79 Å². The van der Waals surface area contributed by atoms with Crippen molar-refractivity contribution in [2.45, 2.75) is 44.1 Å². The minimum Gasteiger partial charge on any atom is -0.432 e. The number of Topliss-reactive ketones (excluding diaryl/α,β-unsaturated/α-hetero) is 1. The van der Waals surface area contributed by atoms with E-state index >= 15 is 0 Å². The van der Waals surface area contributed by atoms with Crippen molar-refractivity contribution >= 4 is 68.0 Å². The van der Waals surface area contributed by atoms with Crippen LogP contribution in [0.25, 0.3) is 11.1 Å². The maximum atomic E-state index is 13.4. The van der Waals surface area contributed by atoms with Gasteiger partial charge in [-0.3, -0.25) is 14.4 Å². The maximum Gasteiger partial charge on any atom is 0.354 e. The summed E-state index contributed by atoms with van der Waals surface area (Å²) in [6.45, 7) is -0.167. The van der Waals surface area contributed by atoms with E-state index in [-0.39, 0.29) is 47.1 Å². The zero-order chi connectivity index (χ0) is 28.6. The number of hydrogen-bond donors (Lipinski definition) is 4. The summed E-state index contributed by atoms with van der Waals surface area (Å²) in [4.78, 5) is 58.7. The number of ketones is 1. The first kappa shape index (κ1) is 29.0. The third kappa shape index (κ3) is 6.42. The smallest absolute Gasteiger partial charge is 0.354 e. The highest BCUT2D eigenvalue weighted by molar-refractivity contribution is 7.88. The van der Waals surface area contributed by atoms with Gasteiger partial charge in [-0.2, -0.15) is 0 Å². The summed E-state index contributed by atoms with van der Waals surface area (Å²) in [7, 11) is -3.89. The summed E-state index contributed by atoms with van der Waals surface area (Å²) in [5, 5.41) is 24.5. The number of urea groups is 1. The van der Waals surface area contributed by atoms with Gasteiger partial charge in [0.05, 0.1) is 11.3 Å². The third-order valence-corrected chi connectivity index (χ3v) is 7.00. The maximum absolute atomic E-state index is 13.4. The zero-order valence-corrected chi connectivity index (χ0v) is 22.7. The number of rotatable bonds is 8. The number of hydrazine groups is 2. The number of benzene rings is 1. The molecule has 4 amide bonds. The van der Waals surface area contributed by atoms with Crippen LogP contribution >= 0.6 is 23.2 Å². The molecule has 1 aromatic heterocycles. The normalized spacial score (nSPS) is 19.3. The van der Waals surface area contributed by atoms with Crippen LogP contribution in [0.1, 0.15) is 36.4 Å². The SMILES string of the molecule is CS(=O)(=O)NN1CCC(=O)N2CCC[C@@H](C(=O)N[C@@H](CC(O)O)C(=O)c3nc4cc(Cl)cc(Cl)c4o3)N2C1=O. The molecule has 2 aliphatic heterocycles. The number of carbonyl (C=O) groups is 4. The second-order valence-corrected chi connectivity index (χ2v) is 11.5. The highest BCUT2D eigenvalue weighted by Crippen LogP contribution is 2.29. The molecule has 3 heterocycles. The van der Waals surface area contributed by atoms with Gasteiger partial charge in [-0.1, -0.05) is 23.2 Å². The monoisotopic (exact) mass is 606 g/mol. The molecule has 2 saturated heterocycles. The first-order valence-corrected chi connectivity index (χ1v) is 14.2. The van der Waals surface area contributed by atoms with Gasteiger partial charge >= 0.3 is 6.03 Å². The molecule has 0 bridgehead atoms. The largest absolute Gasteiger partial charge is 0.432 e. The Hall–Kier alpha value is -3.02. The van der Waals surface area contributed by atoms with E-state index in [0.29, 0.717) is 11.4 Å². The van der Waals surface area contributed by atoms with Gasteiger partial charge in [0.2, 0.25) is 27.6 Å². The Morgan fingerprint density at radius 3 is 2.62 bits per heavy atom. The number of amides is 4. The van der Waals surface area contributed by atoms with Gasteiger partial charge in [0.25, 0.3) is 5.89 Å². The molecule has 4 N–H and O–H groups in total. The molecular formula is C21H24Cl2N6O9S. The van der Waals surface area contributed by atoms with E-state index in [4.69, 9.17) is 27.6 Å². The standard InChI is InChI=1S/C21H24Cl2N6O9S/c1-39(36,37)26-27-6-4-15(30)28-5-2-3-14(29(28)21(27)35)19(34)24-12(9-16(31)32)17(33)20-25-13-8-10(22)7-11(23)18(13)38-20/h7-8,12,14,16,26,31-32H,2-6,9H2,1H3,(H,24,34)/t12-,14-/m0/s1. The van der Waals surface area contributed by atoms with E-state index in [9.17, 15) is 37.8 Å². The quantitative estimate of drug-likeness (QED) is 0.234. The molecule has 2 fully saturated rings. The molecule has 0 aliphatic carbocycles. The van der Waals surface area contributed by atoms with Crippen molar-refractivity contribution < 1.29 is 42.2 Å². The summed E-state index contributed by atoms with van der Waals surface area (Å²) < 4.78 is 29.0. The Balaban J connectivity index is 1.61. The molecule has 0 radical (unpaired) electrons. The van der Waals surface area contributed by atoms with Crippen molar-refractivity contribution in [2.24, 2.45) is 0 Å². The highest BCUT2D eigenvalue weighted by atomic mass is 35.5. The number of oxazole rings is 1. The minimum atomic E-state index is -3.89. The molecule has 39 heavy (non-hydrogen) atoms. The van der Waals surface area contributed by atoms with Gasteiger partial charge in [0.1, 0.15) is 17.6 Å². The number of halogens is 2. The number of aromatic nitrogens is 1. The predicted molar refractivity (Wildman–Crippen MR) is 134 cm³/mol. The van der Waals surface area contributed by atoms with Gasteiger partial charge in [0.15, 0.2) is 11.9 Å². The van der Waals surface area contributed by atoms with Crippen molar-refractivity contribution in [2.75, 3.05) is 19.3 Å². The summed E-state index contributed by atoms with van der Waals surface area (Å²) in [5.74, 6) is -2.83. The Morgan fingerprint density at radius 1 is 1.23 bits per heavy atom. The van der Waals surface area contributed by atoms with Crippen LogP contribution in [0, 0.1) is 0 Å². The molecule has 1 aromatic carbocycles. The summed E-state index contributed by atoms with van der Waals surface area (Å²) >= 11 is 12.0. The molecule has 0 spiro atoms. The fourth-order valence-electron chi connectivity index (χ4n) is 4.32. The second-order valence-electron chi connectivity index (χ2n) is 8.96. The lowest BCUT2D eigenvalue weighted by Gasteiger charge is -2.43. The number of hydrogen-bond acceptors (Lipinski definition) is 10. The number of nitrogens with one attached hydrogen (secondary N) is 2. The molecule has 2 aromatic rings. The lowest BCUT2D eigenvalue weighted by atomic mass is 10.0. The number of carbonyl (C=O) groups excluding carboxylic acids is 4. The second kappa shape index (κ2) is 11.2. The molecule has 0 unspecified atom stereocenters. The topological polar surface area (TPSA) is 203 Å². The Kier molecular flexibility index (Phi) is 8.34. The van der Waals surface area contributed by atoms with Crippen molar-refractivity contribution in [3.05, 3.63) is 28.1 Å². The van der Waals surface area contributed by atoms with E-state index < -0.39 is 64.3 Å². The fourth-order valence-corrected chi connectivity index (χ4v) is 5.41. The van der Waals surface area contributed by atoms with Gasteiger partial charge in [-0.25, -0.2) is 33.2 Å². The minimum absolute atomic E-state index is 0.0501. The van der Waals surface area contributed by atoms with E-state index in [0.717, 1.165) is 16.3 Å². The fraction of sp³-hybridized carbons (Fsp3) is 0.476. The zero-order valence-electron chi connectivity index (χ0n) is 20.3. The molecule has 2 atom stereocenters. The van der Waals surface area contributed by atoms with Crippen LogP contribution in [0.15, 0.2) is 16.5 Å². The lowest BCUT2D eigenvalue weighted by molar-refractivity contribution is -0.155. The van der Waals surface area contributed by atoms with Gasteiger partial charge in [-0.05, 0) is 25.0 Å². The van der Waals surface area contributed by atoms with Gasteiger partial charge in [-0.15, -0.1) is 4.83 Å². The van der Waals surface area contributed by atoms with E-state index in [1.165, 1.54) is 12.1 Å². The number of aliphatic hydroxyl groups is 2. The van der Waals surface area contributed by atoms with Crippen molar-refractivity contribution in [1.29, 1.82) is 0 Å². The van der Waals surface area contributed by atoms with Crippen LogP contribution in [0.3, 0.4) is 0 Å². The van der Waals surface area contributed by atoms with Crippen LogP contribution in [0.5, 0.6) is 0 Å². The first-order chi connectivity index (χ1) is 18.2. The summed E-state index contributed by atoms with van der Waals surface area (Å²) in [6, 6.07) is -1.11. The highest BCUT2D eigenvalue weighted by Gasteiger charge is 2.45. The lowest BCUT2D eigenvalue weighted by Crippen LogP contribution is -2.65. The van der Waals surface area contributed by atoms with E-state index in [1.807, 2.05) is 4.83 Å². The molecule has 18 heteroatoms. The van der Waals surface area contributed by atoms with Gasteiger partial charge in [0, 0.05) is 31.0 Å². The predicted octanol–water partition coefficient (Wildman–Crippen LogP) is 0.000800. The average Bonchev–Trinajstić information content (AvgIpc) is 3.23. The van der Waals surface area contributed by atoms with Gasteiger partial charge < -0.3 is 19.9 Å². The molecular weight excluding hydrogens is 583 g/mol. The number of sulfonamides is 1. The number of aliphatic hydroxyl groups excluding tert-OH is 1. The van der Waals surface area contributed by atoms with Crippen LogP contribution in [-0.2, 0) is 19.6 Å². The van der Waals surface area contributed by atoms with Crippen LogP contribution in [-0.4, -0.2) is 100.0 Å². The molecule has 4 rings (SSSR count). The molecule has 15 nitrogen and oxygen atoms in total. The van der Waals surface area contributed by atoms with E-state index in [1.54, 1.807) is 0 Å². The first-order valence-electron chi connectivity index (χ1n) is 11.6. The molecule has 0 saturated carbocycles. The molecule has 2 aliphatic rings. The van der Waals surface area contributed by atoms with Crippen molar-refractivity contribution in [1.82, 2.24) is 30.2 Å². The summed E-state index contributed by atoms with van der Waals surface area (Å²) in [5.41, 5.74) is 0.203. The average molecular weight is 607 g/mol. The Morgan fingerprint density at radius 2 is 1.95 bits per heavy atom. The van der Waals surface area contributed by atoms with Crippen molar-refractivity contribution in [3.8, 4) is 0 Å². The molecule has 212 valence electrons. The third-order valence-electron chi connectivity index (χ3n) is 5.95. The Labute approximate surface area is 231 Å². The van der Waals surface area contributed by atoms with Crippen LogP contribution < -0.4 is 10.1 Å². The number of fused-ring (bicyclic) bond motifs is 2. The van der Waals surface area contributed by atoms with Crippen molar-refractivity contribution in [3.63, 3.8) is 0 Å². The van der Waals surface area contributed by atoms with E-state index in [2.05, 4.69) is 10.3 Å². The number of nitrogens with zero attached hydrogens (tertiary/aromatic N) is 4. The Bertz CT molecular complexity index is 1430. The van der Waals surface area contributed by atoms with Crippen LogP contribution in [0.2, 0.25) is 10.0 Å². The summed E-state index contributed by atoms with van der Waals surface area (Å²) in [6.07, 6.45) is -1.69.